The van der Waals surface area contributed by atoms with Gasteiger partial charge >= 0.3 is 0 Å². The summed E-state index contributed by atoms with van der Waals surface area (Å²) in [6.07, 6.45) is 3.33. The van der Waals surface area contributed by atoms with Gasteiger partial charge in [0.1, 0.15) is 0 Å². The molecule has 2 rings (SSSR count). The summed E-state index contributed by atoms with van der Waals surface area (Å²) in [7, 11) is -3.45. The number of nitrogens with one attached hydrogen (secondary N) is 2. The molecule has 0 spiro atoms. The van der Waals surface area contributed by atoms with Gasteiger partial charge < -0.3 is 10.4 Å². The molecule has 0 aromatic heterocycles. The Morgan fingerprint density at radius 2 is 2.05 bits per heavy atom. The standard InChI is InChI=1S/C12H25N3O3S.ClH/c1-11-3-7-15(8-4-11)19(17,18)14-10-12(16)5-2-6-13-9-12;/h11,13-14,16H,2-10H2,1H3;1H. The summed E-state index contributed by atoms with van der Waals surface area (Å²) in [5.74, 6) is 0.596. The van der Waals surface area contributed by atoms with Crippen LogP contribution < -0.4 is 10.0 Å². The molecule has 0 aromatic carbocycles. The Morgan fingerprint density at radius 1 is 1.40 bits per heavy atom. The van der Waals surface area contributed by atoms with Crippen molar-refractivity contribution >= 4 is 22.6 Å². The molecule has 0 aliphatic carbocycles. The van der Waals surface area contributed by atoms with E-state index in [0.29, 0.717) is 32.0 Å². The molecule has 6 nitrogen and oxygen atoms in total. The van der Waals surface area contributed by atoms with Crippen LogP contribution in [0.5, 0.6) is 0 Å². The first-order chi connectivity index (χ1) is 8.91. The maximum Gasteiger partial charge on any atom is 0.279 e. The maximum absolute atomic E-state index is 12.2. The highest BCUT2D eigenvalue weighted by atomic mass is 35.5. The smallest absolute Gasteiger partial charge is 0.279 e. The first kappa shape index (κ1) is 18.1. The van der Waals surface area contributed by atoms with E-state index in [-0.39, 0.29) is 19.0 Å². The van der Waals surface area contributed by atoms with E-state index < -0.39 is 15.8 Å². The normalized spacial score (nSPS) is 29.9. The molecule has 2 saturated heterocycles. The second kappa shape index (κ2) is 7.38. The maximum atomic E-state index is 12.2. The minimum Gasteiger partial charge on any atom is -0.387 e. The van der Waals surface area contributed by atoms with E-state index in [1.165, 1.54) is 4.31 Å². The Morgan fingerprint density at radius 3 is 2.60 bits per heavy atom. The van der Waals surface area contributed by atoms with Crippen molar-refractivity contribution in [3.8, 4) is 0 Å². The van der Waals surface area contributed by atoms with Gasteiger partial charge in [-0.15, -0.1) is 12.4 Å². The third-order valence-electron chi connectivity index (χ3n) is 4.12. The highest BCUT2D eigenvalue weighted by Crippen LogP contribution is 2.19. The quantitative estimate of drug-likeness (QED) is 0.683. The molecule has 8 heteroatoms. The van der Waals surface area contributed by atoms with Crippen LogP contribution >= 0.6 is 12.4 Å². The zero-order chi connectivity index (χ0) is 13.9. The first-order valence-electron chi connectivity index (χ1n) is 7.09. The number of nitrogens with zero attached hydrogens (tertiary/aromatic N) is 1. The second-order valence-electron chi connectivity index (χ2n) is 5.91. The third-order valence-corrected chi connectivity index (χ3v) is 5.67. The molecule has 3 N–H and O–H groups in total. The van der Waals surface area contributed by atoms with Gasteiger partial charge in [0.15, 0.2) is 0 Å². The number of rotatable bonds is 4. The molecule has 2 fully saturated rings. The minimum atomic E-state index is -3.45. The van der Waals surface area contributed by atoms with Crippen LogP contribution in [0.15, 0.2) is 0 Å². The van der Waals surface area contributed by atoms with Crippen LogP contribution in [0, 0.1) is 5.92 Å². The predicted octanol–water partition coefficient (Wildman–Crippen LogP) is 0.0890. The molecule has 0 bridgehead atoms. The van der Waals surface area contributed by atoms with Crippen LogP contribution in [0.4, 0.5) is 0 Å². The lowest BCUT2D eigenvalue weighted by molar-refractivity contribution is 0.0214. The molecule has 0 amide bonds. The predicted molar refractivity (Wildman–Crippen MR) is 81.2 cm³/mol. The zero-order valence-corrected chi connectivity index (χ0v) is 13.6. The van der Waals surface area contributed by atoms with Crippen molar-refractivity contribution < 1.29 is 13.5 Å². The van der Waals surface area contributed by atoms with Gasteiger partial charge in [-0.05, 0) is 38.1 Å². The van der Waals surface area contributed by atoms with E-state index >= 15 is 0 Å². The Hall–Kier alpha value is 0.0800. The lowest BCUT2D eigenvalue weighted by atomic mass is 9.95. The van der Waals surface area contributed by atoms with E-state index in [1.807, 2.05) is 0 Å². The minimum absolute atomic E-state index is 0. The number of aliphatic hydroxyl groups is 1. The second-order valence-corrected chi connectivity index (χ2v) is 7.67. The summed E-state index contributed by atoms with van der Waals surface area (Å²) < 4.78 is 28.4. The highest BCUT2D eigenvalue weighted by Gasteiger charge is 2.33. The molecule has 1 atom stereocenters. The number of piperidine rings is 2. The van der Waals surface area contributed by atoms with Crippen molar-refractivity contribution in [2.24, 2.45) is 5.92 Å². The van der Waals surface area contributed by atoms with Gasteiger partial charge in [0.2, 0.25) is 0 Å². The molecule has 120 valence electrons. The molecule has 20 heavy (non-hydrogen) atoms. The summed E-state index contributed by atoms with van der Waals surface area (Å²) in [4.78, 5) is 0. The molecule has 1 unspecified atom stereocenters. The monoisotopic (exact) mass is 327 g/mol. The SMILES string of the molecule is CC1CCN(S(=O)(=O)NCC2(O)CCCNC2)CC1.Cl. The van der Waals surface area contributed by atoms with Gasteiger partial charge in [-0.1, -0.05) is 6.92 Å². The zero-order valence-electron chi connectivity index (χ0n) is 12.0. The van der Waals surface area contributed by atoms with E-state index in [2.05, 4.69) is 17.0 Å². The molecular weight excluding hydrogens is 302 g/mol. The molecule has 2 aliphatic rings. The number of halogens is 1. The fourth-order valence-corrected chi connectivity index (χ4v) is 3.97. The van der Waals surface area contributed by atoms with Crippen LogP contribution in [-0.2, 0) is 10.2 Å². The average Bonchev–Trinajstić information content (AvgIpc) is 2.38. The number of β-amino-alcohol motifs (C(OH)–C–C–N with tert-alkyl or cyclic N) is 1. The summed E-state index contributed by atoms with van der Waals surface area (Å²) >= 11 is 0. The fraction of sp³-hybridized carbons (Fsp3) is 1.00. The summed E-state index contributed by atoms with van der Waals surface area (Å²) in [5, 5.41) is 13.4. The molecule has 0 radical (unpaired) electrons. The molecule has 0 aromatic rings. The largest absolute Gasteiger partial charge is 0.387 e. The lowest BCUT2D eigenvalue weighted by Gasteiger charge is -2.34. The van der Waals surface area contributed by atoms with Crippen LogP contribution in [0.3, 0.4) is 0 Å². The van der Waals surface area contributed by atoms with E-state index in [1.54, 1.807) is 0 Å². The topological polar surface area (TPSA) is 81.7 Å². The third kappa shape index (κ3) is 4.82. The Kier molecular flexibility index (Phi) is 6.69. The van der Waals surface area contributed by atoms with Crippen LogP contribution in [0.2, 0.25) is 0 Å². The Bertz CT molecular complexity index is 391. The van der Waals surface area contributed by atoms with Gasteiger partial charge in [-0.3, -0.25) is 0 Å². The highest BCUT2D eigenvalue weighted by molar-refractivity contribution is 7.87. The van der Waals surface area contributed by atoms with E-state index in [0.717, 1.165) is 25.8 Å². The Balaban J connectivity index is 0.00000200. The van der Waals surface area contributed by atoms with Crippen molar-refractivity contribution in [3.63, 3.8) is 0 Å². The molecular formula is C12H26ClN3O3S. The summed E-state index contributed by atoms with van der Waals surface area (Å²) in [6, 6.07) is 0. The van der Waals surface area contributed by atoms with Gasteiger partial charge in [0.25, 0.3) is 10.2 Å². The molecule has 0 saturated carbocycles. The molecule has 2 aliphatic heterocycles. The van der Waals surface area contributed by atoms with Crippen molar-refractivity contribution in [2.75, 3.05) is 32.7 Å². The van der Waals surface area contributed by atoms with Crippen molar-refractivity contribution in [2.45, 2.75) is 38.2 Å². The number of hydrogen-bond acceptors (Lipinski definition) is 4. The van der Waals surface area contributed by atoms with E-state index in [4.69, 9.17) is 0 Å². The summed E-state index contributed by atoms with van der Waals surface area (Å²) in [6.45, 7) is 4.73. The van der Waals surface area contributed by atoms with Crippen LogP contribution in [-0.4, -0.2) is 56.2 Å². The average molecular weight is 328 g/mol. The van der Waals surface area contributed by atoms with Gasteiger partial charge in [-0.25, -0.2) is 0 Å². The van der Waals surface area contributed by atoms with Crippen molar-refractivity contribution in [1.82, 2.24) is 14.3 Å². The van der Waals surface area contributed by atoms with Crippen LogP contribution in [0.1, 0.15) is 32.6 Å². The number of hydrogen-bond donors (Lipinski definition) is 3. The van der Waals surface area contributed by atoms with Gasteiger partial charge in [0, 0.05) is 26.2 Å². The molecule has 2 heterocycles. The van der Waals surface area contributed by atoms with Gasteiger partial charge in [-0.2, -0.15) is 17.4 Å². The summed E-state index contributed by atoms with van der Waals surface area (Å²) in [5.41, 5.74) is -0.950. The van der Waals surface area contributed by atoms with E-state index in [9.17, 15) is 13.5 Å². The van der Waals surface area contributed by atoms with Crippen molar-refractivity contribution in [3.05, 3.63) is 0 Å². The van der Waals surface area contributed by atoms with Crippen LogP contribution in [0.25, 0.3) is 0 Å². The van der Waals surface area contributed by atoms with Crippen molar-refractivity contribution in [1.29, 1.82) is 0 Å². The Labute approximate surface area is 127 Å². The van der Waals surface area contributed by atoms with Gasteiger partial charge in [0.05, 0.1) is 5.60 Å². The first-order valence-corrected chi connectivity index (χ1v) is 8.53. The lowest BCUT2D eigenvalue weighted by Crippen LogP contribution is -2.55. The fourth-order valence-electron chi connectivity index (χ4n) is 2.64.